The molecular formula is C12H14O2S. The Hall–Kier alpha value is -0.570. The first-order valence-electron chi connectivity index (χ1n) is 5.73. The van der Waals surface area contributed by atoms with Crippen molar-refractivity contribution in [3.63, 3.8) is 0 Å². The summed E-state index contributed by atoms with van der Waals surface area (Å²) in [6.45, 7) is 0. The molecule has 1 aliphatic heterocycles. The van der Waals surface area contributed by atoms with Gasteiger partial charge in [0.25, 0.3) is 0 Å². The Labute approximate surface area is 90.0 Å². The zero-order valence-electron chi connectivity index (χ0n) is 8.41. The van der Waals surface area contributed by atoms with Crippen LogP contribution >= 0.6 is 0 Å². The molecule has 1 heterocycles. The second kappa shape index (κ2) is 2.40. The topological polar surface area (TPSA) is 34.1 Å². The minimum atomic E-state index is -2.74. The number of hydrogen-bond donors (Lipinski definition) is 0. The van der Waals surface area contributed by atoms with E-state index in [9.17, 15) is 8.42 Å². The number of rotatable bonds is 0. The highest BCUT2D eigenvalue weighted by Crippen LogP contribution is 2.58. The molecule has 0 aromatic rings. The largest absolute Gasteiger partial charge is 0.229 e. The third-order valence-electron chi connectivity index (χ3n) is 4.88. The Kier molecular flexibility index (Phi) is 1.37. The molecule has 3 heteroatoms. The van der Waals surface area contributed by atoms with Gasteiger partial charge in [0, 0.05) is 0 Å². The van der Waals surface area contributed by atoms with Gasteiger partial charge in [0.2, 0.25) is 0 Å². The fourth-order valence-electron chi connectivity index (χ4n) is 4.20. The number of sulfone groups is 1. The molecule has 0 aromatic heterocycles. The van der Waals surface area contributed by atoms with Crippen LogP contribution in [0.3, 0.4) is 0 Å². The molecule has 5 aliphatic rings. The Morgan fingerprint density at radius 1 is 0.733 bits per heavy atom. The van der Waals surface area contributed by atoms with Crippen LogP contribution in [0, 0.1) is 35.5 Å². The first kappa shape index (κ1) is 8.57. The summed E-state index contributed by atoms with van der Waals surface area (Å²) in [7, 11) is -2.74. The molecule has 0 spiro atoms. The minimum Gasteiger partial charge on any atom is -0.229 e. The van der Waals surface area contributed by atoms with E-state index >= 15 is 0 Å². The third kappa shape index (κ3) is 0.930. The van der Waals surface area contributed by atoms with Crippen molar-refractivity contribution in [3.05, 3.63) is 24.3 Å². The molecule has 0 N–H and O–H groups in total. The molecule has 15 heavy (non-hydrogen) atoms. The smallest absolute Gasteiger partial charge is 0.150 e. The van der Waals surface area contributed by atoms with Crippen LogP contribution in [0.15, 0.2) is 24.3 Å². The van der Waals surface area contributed by atoms with Crippen molar-refractivity contribution in [1.82, 2.24) is 0 Å². The lowest BCUT2D eigenvalue weighted by Gasteiger charge is -2.53. The third-order valence-corrected chi connectivity index (χ3v) is 6.66. The minimum absolute atomic E-state index is 0.427. The summed E-state index contributed by atoms with van der Waals surface area (Å²) in [5.74, 6) is 4.11. The first-order chi connectivity index (χ1) is 7.16. The van der Waals surface area contributed by atoms with Crippen molar-refractivity contribution >= 4 is 9.84 Å². The maximum atomic E-state index is 11.7. The summed E-state index contributed by atoms with van der Waals surface area (Å²) < 4.78 is 23.4. The maximum absolute atomic E-state index is 11.7. The predicted octanol–water partition coefficient (Wildman–Crippen LogP) is 1.27. The van der Waals surface area contributed by atoms with E-state index in [1.807, 2.05) is 0 Å². The van der Waals surface area contributed by atoms with Gasteiger partial charge < -0.3 is 0 Å². The molecular weight excluding hydrogens is 208 g/mol. The number of hydrogen-bond acceptors (Lipinski definition) is 2. The van der Waals surface area contributed by atoms with Crippen LogP contribution in [-0.4, -0.2) is 19.9 Å². The molecule has 2 fully saturated rings. The van der Waals surface area contributed by atoms with E-state index in [0.717, 1.165) is 0 Å². The van der Waals surface area contributed by atoms with Crippen molar-refractivity contribution in [2.24, 2.45) is 35.5 Å². The zero-order valence-corrected chi connectivity index (χ0v) is 9.23. The number of allylic oxidation sites excluding steroid dienone is 4. The van der Waals surface area contributed by atoms with Crippen molar-refractivity contribution in [2.45, 2.75) is 0 Å². The molecule has 0 radical (unpaired) electrons. The highest BCUT2D eigenvalue weighted by Gasteiger charge is 2.56. The van der Waals surface area contributed by atoms with Crippen LogP contribution in [-0.2, 0) is 9.84 Å². The lowest BCUT2D eigenvalue weighted by molar-refractivity contribution is 0.0672. The lowest BCUT2D eigenvalue weighted by atomic mass is 9.50. The van der Waals surface area contributed by atoms with Gasteiger partial charge in [-0.1, -0.05) is 24.3 Å². The zero-order chi connectivity index (χ0) is 10.2. The van der Waals surface area contributed by atoms with Crippen molar-refractivity contribution in [2.75, 3.05) is 11.5 Å². The van der Waals surface area contributed by atoms with Gasteiger partial charge in [-0.2, -0.15) is 0 Å². The average Bonchev–Trinajstić information content (AvgIpc) is 2.42. The van der Waals surface area contributed by atoms with Gasteiger partial charge in [-0.3, -0.25) is 0 Å². The predicted molar refractivity (Wildman–Crippen MR) is 57.9 cm³/mol. The van der Waals surface area contributed by atoms with Gasteiger partial charge in [0.05, 0.1) is 11.5 Å². The van der Waals surface area contributed by atoms with Crippen LogP contribution in [0.5, 0.6) is 0 Å². The fraction of sp³-hybridized carbons (Fsp3) is 0.667. The molecule has 1 saturated heterocycles. The van der Waals surface area contributed by atoms with E-state index in [-0.39, 0.29) is 0 Å². The Morgan fingerprint density at radius 3 is 1.53 bits per heavy atom. The quantitative estimate of drug-likeness (QED) is 0.578. The van der Waals surface area contributed by atoms with E-state index in [4.69, 9.17) is 0 Å². The summed E-state index contributed by atoms with van der Waals surface area (Å²) in [6.07, 6.45) is 9.15. The van der Waals surface area contributed by atoms with E-state index in [1.165, 1.54) is 0 Å². The summed E-state index contributed by atoms with van der Waals surface area (Å²) in [6, 6.07) is 0. The second-order valence-corrected chi connectivity index (χ2v) is 7.64. The van der Waals surface area contributed by atoms with Gasteiger partial charge >= 0.3 is 0 Å². The molecule has 0 aromatic carbocycles. The molecule has 80 valence electrons. The maximum Gasteiger partial charge on any atom is 0.150 e. The molecule has 0 amide bonds. The molecule has 6 atom stereocenters. The van der Waals surface area contributed by atoms with Crippen LogP contribution in [0.25, 0.3) is 0 Å². The van der Waals surface area contributed by atoms with Crippen molar-refractivity contribution in [1.29, 1.82) is 0 Å². The molecule has 2 nitrogen and oxygen atoms in total. The Balaban J connectivity index is 1.82. The fourth-order valence-corrected chi connectivity index (χ4v) is 6.45. The normalized spacial score (nSPS) is 57.3. The molecule has 1 saturated carbocycles. The summed E-state index contributed by atoms with van der Waals surface area (Å²) >= 11 is 0. The van der Waals surface area contributed by atoms with Crippen LogP contribution in [0.1, 0.15) is 0 Å². The van der Waals surface area contributed by atoms with Crippen LogP contribution in [0.2, 0.25) is 0 Å². The summed E-state index contributed by atoms with van der Waals surface area (Å²) in [5.41, 5.74) is 0. The van der Waals surface area contributed by atoms with Crippen LogP contribution < -0.4 is 0 Å². The van der Waals surface area contributed by atoms with Crippen molar-refractivity contribution in [3.8, 4) is 0 Å². The van der Waals surface area contributed by atoms with Gasteiger partial charge in [-0.15, -0.1) is 0 Å². The van der Waals surface area contributed by atoms with Crippen LogP contribution in [0.4, 0.5) is 0 Å². The summed E-state index contributed by atoms with van der Waals surface area (Å²) in [4.78, 5) is 0. The first-order valence-corrected chi connectivity index (χ1v) is 7.55. The van der Waals surface area contributed by atoms with E-state index in [0.29, 0.717) is 47.0 Å². The Morgan fingerprint density at radius 2 is 1.13 bits per heavy atom. The van der Waals surface area contributed by atoms with Crippen molar-refractivity contribution < 1.29 is 8.42 Å². The monoisotopic (exact) mass is 222 g/mol. The SMILES string of the molecule is O=S1(=O)C[C@@H]2[C@H]3C=C[C@@H]([C@H]4C=C[C@H]43)[C@H]2C1. The average molecular weight is 222 g/mol. The Bertz CT molecular complexity index is 438. The van der Waals surface area contributed by atoms with Gasteiger partial charge in [-0.25, -0.2) is 8.42 Å². The molecule has 5 rings (SSSR count). The molecule has 4 aliphatic carbocycles. The molecule has 0 unspecified atom stereocenters. The van der Waals surface area contributed by atoms with E-state index < -0.39 is 9.84 Å². The van der Waals surface area contributed by atoms with Gasteiger partial charge in [0.15, 0.2) is 9.84 Å². The van der Waals surface area contributed by atoms with E-state index in [1.54, 1.807) is 0 Å². The highest BCUT2D eigenvalue weighted by atomic mass is 32.2. The van der Waals surface area contributed by atoms with Gasteiger partial charge in [-0.05, 0) is 35.5 Å². The highest BCUT2D eigenvalue weighted by molar-refractivity contribution is 7.91. The molecule has 2 bridgehead atoms. The van der Waals surface area contributed by atoms with Gasteiger partial charge in [0.1, 0.15) is 0 Å². The lowest BCUT2D eigenvalue weighted by Crippen LogP contribution is -2.49. The second-order valence-electron chi connectivity index (χ2n) is 5.48. The van der Waals surface area contributed by atoms with E-state index in [2.05, 4.69) is 24.3 Å². The standard InChI is InChI=1S/C12H14O2S/c13-15(14)5-11-9-3-4-10(12(11)6-15)8-2-1-7(8)9/h1-4,7-12H,5-6H2/t7-,8+,9-,10-,11+,12+/m0/s1. The summed E-state index contributed by atoms with van der Waals surface area (Å²) in [5, 5.41) is 0.